The molecule has 1 fully saturated rings. The lowest BCUT2D eigenvalue weighted by Gasteiger charge is -2.32. The molecule has 138 valence electrons. The lowest BCUT2D eigenvalue weighted by molar-refractivity contribution is -0.137. The highest BCUT2D eigenvalue weighted by atomic mass is 35.5. The van der Waals surface area contributed by atoms with Crippen molar-refractivity contribution >= 4 is 29.0 Å². The van der Waals surface area contributed by atoms with Gasteiger partial charge in [0, 0.05) is 31.4 Å². The number of nitrogens with one attached hydrogen (secondary N) is 1. The van der Waals surface area contributed by atoms with Gasteiger partial charge in [0.2, 0.25) is 5.91 Å². The van der Waals surface area contributed by atoms with Crippen LogP contribution in [-0.4, -0.2) is 29.0 Å². The number of hydrogen-bond donors (Lipinski definition) is 1. The fourth-order valence-corrected chi connectivity index (χ4v) is 3.14. The van der Waals surface area contributed by atoms with Gasteiger partial charge in [-0.2, -0.15) is 13.2 Å². The van der Waals surface area contributed by atoms with E-state index in [1.165, 1.54) is 0 Å². The Labute approximate surface area is 153 Å². The minimum Gasteiger partial charge on any atom is -0.355 e. The first-order valence-electron chi connectivity index (χ1n) is 8.03. The summed E-state index contributed by atoms with van der Waals surface area (Å²) in [5.41, 5.74) is -0.246. The largest absolute Gasteiger partial charge is 0.417 e. The molecule has 26 heavy (non-hydrogen) atoms. The number of pyridine rings is 2. The zero-order valence-electron chi connectivity index (χ0n) is 13.6. The summed E-state index contributed by atoms with van der Waals surface area (Å²) < 4.78 is 38.1. The second-order valence-corrected chi connectivity index (χ2v) is 6.43. The highest BCUT2D eigenvalue weighted by Crippen LogP contribution is 2.34. The molecule has 9 heteroatoms. The summed E-state index contributed by atoms with van der Waals surface area (Å²) in [6.45, 7) is 0.979. The minimum absolute atomic E-state index is 0.0434. The molecule has 1 aliphatic rings. The highest BCUT2D eigenvalue weighted by molar-refractivity contribution is 6.33. The van der Waals surface area contributed by atoms with Gasteiger partial charge in [0.25, 0.3) is 0 Å². The Morgan fingerprint density at radius 1 is 1.27 bits per heavy atom. The van der Waals surface area contributed by atoms with Crippen molar-refractivity contribution in [1.82, 2.24) is 9.97 Å². The first kappa shape index (κ1) is 18.4. The quantitative estimate of drug-likeness (QED) is 0.868. The van der Waals surface area contributed by atoms with Gasteiger partial charge in [-0.15, -0.1) is 0 Å². The summed E-state index contributed by atoms with van der Waals surface area (Å²) in [5, 5.41) is 2.77. The van der Waals surface area contributed by atoms with Gasteiger partial charge in [-0.3, -0.25) is 9.78 Å². The van der Waals surface area contributed by atoms with Crippen LogP contribution < -0.4 is 10.2 Å². The van der Waals surface area contributed by atoms with E-state index in [0.29, 0.717) is 37.4 Å². The van der Waals surface area contributed by atoms with E-state index in [1.54, 1.807) is 29.4 Å². The van der Waals surface area contributed by atoms with Crippen LogP contribution in [0.5, 0.6) is 0 Å². The molecule has 0 aliphatic carbocycles. The van der Waals surface area contributed by atoms with E-state index < -0.39 is 11.7 Å². The van der Waals surface area contributed by atoms with Crippen molar-refractivity contribution in [2.75, 3.05) is 23.3 Å². The Bertz CT molecular complexity index is 777. The van der Waals surface area contributed by atoms with Crippen LogP contribution in [0.15, 0.2) is 36.8 Å². The molecule has 0 saturated carbocycles. The molecule has 1 amide bonds. The third kappa shape index (κ3) is 4.24. The summed E-state index contributed by atoms with van der Waals surface area (Å²) in [6.07, 6.45) is 0.610. The SMILES string of the molecule is O=C(Nc1cccnc1)C1CCN(c2ncc(C(F)(F)F)cc2Cl)CC1. The highest BCUT2D eigenvalue weighted by Gasteiger charge is 2.33. The predicted octanol–water partition coefficient (Wildman–Crippen LogP) is 4.00. The second-order valence-electron chi connectivity index (χ2n) is 6.02. The van der Waals surface area contributed by atoms with Gasteiger partial charge in [0.05, 0.1) is 22.5 Å². The Hall–Kier alpha value is -2.35. The molecule has 1 aliphatic heterocycles. The average molecular weight is 385 g/mol. The molecule has 5 nitrogen and oxygen atoms in total. The molecule has 0 aromatic carbocycles. The molecule has 0 bridgehead atoms. The van der Waals surface area contributed by atoms with Gasteiger partial charge in [-0.25, -0.2) is 4.98 Å². The number of hydrogen-bond acceptors (Lipinski definition) is 4. The Kier molecular flexibility index (Phi) is 5.31. The van der Waals surface area contributed by atoms with Crippen LogP contribution in [0.25, 0.3) is 0 Å². The smallest absolute Gasteiger partial charge is 0.355 e. The van der Waals surface area contributed by atoms with Crippen molar-refractivity contribution in [2.24, 2.45) is 5.92 Å². The monoisotopic (exact) mass is 384 g/mol. The van der Waals surface area contributed by atoms with Crippen LogP contribution in [0.4, 0.5) is 24.7 Å². The van der Waals surface area contributed by atoms with Gasteiger partial charge >= 0.3 is 6.18 Å². The van der Waals surface area contributed by atoms with Crippen molar-refractivity contribution in [1.29, 1.82) is 0 Å². The molecule has 0 atom stereocenters. The molecule has 1 N–H and O–H groups in total. The maximum atomic E-state index is 12.7. The van der Waals surface area contributed by atoms with Crippen LogP contribution in [0.1, 0.15) is 18.4 Å². The molecule has 3 rings (SSSR count). The maximum Gasteiger partial charge on any atom is 0.417 e. The third-order valence-corrected chi connectivity index (χ3v) is 4.52. The zero-order chi connectivity index (χ0) is 18.7. The number of amides is 1. The predicted molar refractivity (Wildman–Crippen MR) is 92.1 cm³/mol. The van der Waals surface area contributed by atoms with E-state index in [0.717, 1.165) is 12.3 Å². The molecule has 2 aromatic heterocycles. The van der Waals surface area contributed by atoms with Gasteiger partial charge in [-0.05, 0) is 31.0 Å². The van der Waals surface area contributed by atoms with Crippen molar-refractivity contribution in [3.05, 3.63) is 47.4 Å². The van der Waals surface area contributed by atoms with Gasteiger partial charge < -0.3 is 10.2 Å². The van der Waals surface area contributed by atoms with E-state index in [1.807, 2.05) is 0 Å². The average Bonchev–Trinajstić information content (AvgIpc) is 2.62. The molecule has 0 spiro atoms. The van der Waals surface area contributed by atoms with E-state index in [-0.39, 0.29) is 16.8 Å². The topological polar surface area (TPSA) is 58.1 Å². The Morgan fingerprint density at radius 2 is 2.00 bits per heavy atom. The maximum absolute atomic E-state index is 12.7. The molecule has 2 aromatic rings. The summed E-state index contributed by atoms with van der Waals surface area (Å²) in [7, 11) is 0. The second kappa shape index (κ2) is 7.49. The zero-order valence-corrected chi connectivity index (χ0v) is 14.4. The van der Waals surface area contributed by atoms with Crippen LogP contribution in [0.3, 0.4) is 0 Å². The molecule has 0 radical (unpaired) electrons. The number of halogens is 4. The molecular formula is C17H16ClF3N4O. The molecule has 1 saturated heterocycles. The minimum atomic E-state index is -4.48. The number of rotatable bonds is 3. The number of carbonyl (C=O) groups excluding carboxylic acids is 1. The Balaban J connectivity index is 1.61. The molecule has 0 unspecified atom stereocenters. The molecule has 3 heterocycles. The number of alkyl halides is 3. The summed E-state index contributed by atoms with van der Waals surface area (Å²) in [4.78, 5) is 21.9. The van der Waals surface area contributed by atoms with Gasteiger partial charge in [-0.1, -0.05) is 11.6 Å². The number of nitrogens with zero attached hydrogens (tertiary/aromatic N) is 3. The van der Waals surface area contributed by atoms with Crippen LogP contribution >= 0.6 is 11.6 Å². The summed E-state index contributed by atoms with van der Waals surface area (Å²) >= 11 is 5.98. The van der Waals surface area contributed by atoms with E-state index in [2.05, 4.69) is 15.3 Å². The fourth-order valence-electron chi connectivity index (χ4n) is 2.85. The van der Waals surface area contributed by atoms with Crippen molar-refractivity contribution in [3.63, 3.8) is 0 Å². The lowest BCUT2D eigenvalue weighted by Crippen LogP contribution is -2.38. The summed E-state index contributed by atoms with van der Waals surface area (Å²) in [5.74, 6) is 0.0367. The number of piperidine rings is 1. The van der Waals surface area contributed by atoms with Gasteiger partial charge in [0.1, 0.15) is 5.82 Å². The van der Waals surface area contributed by atoms with Gasteiger partial charge in [0.15, 0.2) is 0 Å². The normalized spacial score (nSPS) is 15.8. The van der Waals surface area contributed by atoms with E-state index >= 15 is 0 Å². The first-order chi connectivity index (χ1) is 12.3. The third-order valence-electron chi connectivity index (χ3n) is 4.24. The van der Waals surface area contributed by atoms with Crippen LogP contribution in [-0.2, 0) is 11.0 Å². The van der Waals surface area contributed by atoms with E-state index in [9.17, 15) is 18.0 Å². The molecular weight excluding hydrogens is 369 g/mol. The lowest BCUT2D eigenvalue weighted by atomic mass is 9.96. The first-order valence-corrected chi connectivity index (χ1v) is 8.41. The van der Waals surface area contributed by atoms with Crippen LogP contribution in [0, 0.1) is 5.92 Å². The van der Waals surface area contributed by atoms with Crippen molar-refractivity contribution in [2.45, 2.75) is 19.0 Å². The summed E-state index contributed by atoms with van der Waals surface area (Å²) in [6, 6.07) is 4.37. The number of aromatic nitrogens is 2. The Morgan fingerprint density at radius 3 is 2.58 bits per heavy atom. The van der Waals surface area contributed by atoms with E-state index in [4.69, 9.17) is 11.6 Å². The number of carbonyl (C=O) groups is 1. The van der Waals surface area contributed by atoms with Crippen molar-refractivity contribution in [3.8, 4) is 0 Å². The number of anilines is 2. The van der Waals surface area contributed by atoms with Crippen molar-refractivity contribution < 1.29 is 18.0 Å². The fraction of sp³-hybridized carbons (Fsp3) is 0.353. The van der Waals surface area contributed by atoms with Crippen LogP contribution in [0.2, 0.25) is 5.02 Å². The standard InChI is InChI=1S/C17H16ClF3N4O/c18-14-8-12(17(19,20)21)9-23-15(14)25-6-3-11(4-7-25)16(26)24-13-2-1-5-22-10-13/h1-2,5,8-11H,3-4,6-7H2,(H,24,26).